The lowest BCUT2D eigenvalue weighted by molar-refractivity contribution is 1.10. The topological polar surface area (TPSA) is 0 Å². The molecule has 0 nitrogen and oxygen atoms in total. The van der Waals surface area contributed by atoms with Crippen molar-refractivity contribution >= 4 is 23.1 Å². The molecule has 0 unspecified atom stereocenters. The molecule has 0 atom stereocenters. The Morgan fingerprint density at radius 2 is 2.50 bits per heavy atom. The van der Waals surface area contributed by atoms with Gasteiger partial charge in [-0.15, -0.1) is 11.3 Å². The monoisotopic (exact) mass is 172 g/mol. The minimum atomic E-state index is 1.20. The molecule has 1 heterocycles. The van der Waals surface area contributed by atoms with Gasteiger partial charge in [-0.2, -0.15) is 11.8 Å². The van der Waals surface area contributed by atoms with Gasteiger partial charge in [-0.25, -0.2) is 0 Å². The van der Waals surface area contributed by atoms with E-state index in [1.807, 2.05) is 23.1 Å². The van der Waals surface area contributed by atoms with E-state index in [4.69, 9.17) is 0 Å². The highest BCUT2D eigenvalue weighted by Crippen LogP contribution is 2.17. The third-order valence-corrected chi connectivity index (χ3v) is 3.44. The molecule has 0 aliphatic heterocycles. The van der Waals surface area contributed by atoms with Crippen LogP contribution in [0.1, 0.15) is 18.2 Å². The van der Waals surface area contributed by atoms with Crippen molar-refractivity contribution in [1.82, 2.24) is 0 Å². The van der Waals surface area contributed by atoms with Gasteiger partial charge in [0.05, 0.1) is 0 Å². The molecule has 56 valence electrons. The molecule has 0 saturated carbocycles. The summed E-state index contributed by atoms with van der Waals surface area (Å²) in [5, 5.41) is 2.14. The first-order chi connectivity index (χ1) is 4.93. The standard InChI is InChI=1S/C8H12S2/c1-2-5-9-7-8-4-3-6-10-8/h3-4,6H,2,5,7H2,1H3. The van der Waals surface area contributed by atoms with Gasteiger partial charge in [0, 0.05) is 10.6 Å². The highest BCUT2D eigenvalue weighted by molar-refractivity contribution is 7.98. The van der Waals surface area contributed by atoms with Gasteiger partial charge in [-0.05, 0) is 23.6 Å². The predicted octanol–water partition coefficient (Wildman–Crippen LogP) is 3.39. The molecule has 0 bridgehead atoms. The summed E-state index contributed by atoms with van der Waals surface area (Å²) in [7, 11) is 0. The predicted molar refractivity (Wildman–Crippen MR) is 50.8 cm³/mol. The molecule has 2 heteroatoms. The first-order valence-electron chi connectivity index (χ1n) is 3.53. The summed E-state index contributed by atoms with van der Waals surface area (Å²) < 4.78 is 0. The van der Waals surface area contributed by atoms with E-state index in [-0.39, 0.29) is 0 Å². The molecule has 0 N–H and O–H groups in total. The molecule has 1 aromatic rings. The molecular weight excluding hydrogens is 160 g/mol. The second-order valence-corrected chi connectivity index (χ2v) is 4.27. The van der Waals surface area contributed by atoms with Crippen LogP contribution in [0, 0.1) is 0 Å². The van der Waals surface area contributed by atoms with Crippen LogP contribution in [0.25, 0.3) is 0 Å². The molecule has 0 aliphatic rings. The first-order valence-corrected chi connectivity index (χ1v) is 5.57. The van der Waals surface area contributed by atoms with Gasteiger partial charge in [0.25, 0.3) is 0 Å². The lowest BCUT2D eigenvalue weighted by Gasteiger charge is -1.93. The number of hydrogen-bond donors (Lipinski definition) is 0. The maximum Gasteiger partial charge on any atom is 0.0278 e. The second kappa shape index (κ2) is 4.80. The van der Waals surface area contributed by atoms with Crippen LogP contribution in [0.3, 0.4) is 0 Å². The van der Waals surface area contributed by atoms with Crippen molar-refractivity contribution in [3.05, 3.63) is 22.4 Å². The van der Waals surface area contributed by atoms with Gasteiger partial charge in [0.1, 0.15) is 0 Å². The number of thiophene rings is 1. The van der Waals surface area contributed by atoms with Crippen molar-refractivity contribution < 1.29 is 0 Å². The summed E-state index contributed by atoms with van der Waals surface area (Å²) in [5.74, 6) is 2.49. The van der Waals surface area contributed by atoms with E-state index in [9.17, 15) is 0 Å². The number of hydrogen-bond acceptors (Lipinski definition) is 2. The van der Waals surface area contributed by atoms with Gasteiger partial charge < -0.3 is 0 Å². The van der Waals surface area contributed by atoms with Crippen LogP contribution in [0.15, 0.2) is 17.5 Å². The summed E-state index contributed by atoms with van der Waals surface area (Å²) in [5.41, 5.74) is 0. The van der Waals surface area contributed by atoms with Gasteiger partial charge in [0.15, 0.2) is 0 Å². The zero-order valence-electron chi connectivity index (χ0n) is 6.17. The molecule has 0 aromatic carbocycles. The Kier molecular flexibility index (Phi) is 3.91. The maximum atomic E-state index is 2.22. The van der Waals surface area contributed by atoms with E-state index in [1.54, 1.807) is 0 Å². The largest absolute Gasteiger partial charge is 0.156 e. The zero-order valence-corrected chi connectivity index (χ0v) is 7.80. The molecule has 0 aliphatic carbocycles. The Morgan fingerprint density at radius 3 is 3.10 bits per heavy atom. The highest BCUT2D eigenvalue weighted by Gasteiger charge is 1.91. The van der Waals surface area contributed by atoms with E-state index in [0.29, 0.717) is 0 Å². The van der Waals surface area contributed by atoms with Gasteiger partial charge in [-0.3, -0.25) is 0 Å². The van der Waals surface area contributed by atoms with Crippen molar-refractivity contribution in [1.29, 1.82) is 0 Å². The van der Waals surface area contributed by atoms with Crippen molar-refractivity contribution in [3.8, 4) is 0 Å². The molecular formula is C8H12S2. The molecule has 0 amide bonds. The number of rotatable bonds is 4. The van der Waals surface area contributed by atoms with Gasteiger partial charge in [-0.1, -0.05) is 13.0 Å². The smallest absolute Gasteiger partial charge is 0.0278 e. The van der Waals surface area contributed by atoms with Crippen LogP contribution in [-0.2, 0) is 5.75 Å². The molecule has 0 spiro atoms. The molecule has 0 fully saturated rings. The number of thioether (sulfide) groups is 1. The first kappa shape index (κ1) is 8.15. The highest BCUT2D eigenvalue weighted by atomic mass is 32.2. The SMILES string of the molecule is CCCSCc1cccs1. The fourth-order valence-electron chi connectivity index (χ4n) is 0.712. The van der Waals surface area contributed by atoms with E-state index in [0.717, 1.165) is 0 Å². The normalized spacial score (nSPS) is 10.1. The van der Waals surface area contributed by atoms with E-state index < -0.39 is 0 Å². The summed E-state index contributed by atoms with van der Waals surface area (Å²) in [6.07, 6.45) is 1.29. The third-order valence-electron chi connectivity index (χ3n) is 1.17. The Bertz CT molecular complexity index is 156. The van der Waals surface area contributed by atoms with Crippen LogP contribution in [-0.4, -0.2) is 5.75 Å². The van der Waals surface area contributed by atoms with Crippen LogP contribution >= 0.6 is 23.1 Å². The lowest BCUT2D eigenvalue weighted by Crippen LogP contribution is -1.75. The van der Waals surface area contributed by atoms with Gasteiger partial charge in [0.2, 0.25) is 0 Å². The zero-order chi connectivity index (χ0) is 7.23. The molecule has 0 radical (unpaired) electrons. The van der Waals surface area contributed by atoms with E-state index in [2.05, 4.69) is 24.4 Å². The summed E-state index contributed by atoms with van der Waals surface area (Å²) >= 11 is 3.87. The molecule has 1 aromatic heterocycles. The molecule has 1 rings (SSSR count). The van der Waals surface area contributed by atoms with Crippen LogP contribution < -0.4 is 0 Å². The van der Waals surface area contributed by atoms with Crippen LogP contribution in [0.5, 0.6) is 0 Å². The Morgan fingerprint density at radius 1 is 1.60 bits per heavy atom. The minimum absolute atomic E-state index is 1.20. The summed E-state index contributed by atoms with van der Waals surface area (Å²) in [6.45, 7) is 2.22. The summed E-state index contributed by atoms with van der Waals surface area (Å²) in [4.78, 5) is 1.50. The van der Waals surface area contributed by atoms with Crippen LogP contribution in [0.2, 0.25) is 0 Å². The summed E-state index contributed by atoms with van der Waals surface area (Å²) in [6, 6.07) is 4.32. The minimum Gasteiger partial charge on any atom is -0.156 e. The van der Waals surface area contributed by atoms with E-state index in [1.165, 1.54) is 22.8 Å². The fraction of sp³-hybridized carbons (Fsp3) is 0.500. The average molecular weight is 172 g/mol. The van der Waals surface area contributed by atoms with Crippen molar-refractivity contribution in [3.63, 3.8) is 0 Å². The third kappa shape index (κ3) is 2.76. The van der Waals surface area contributed by atoms with Crippen LogP contribution in [0.4, 0.5) is 0 Å². The lowest BCUT2D eigenvalue weighted by atomic mass is 10.5. The second-order valence-electron chi connectivity index (χ2n) is 2.13. The van der Waals surface area contributed by atoms with Crippen molar-refractivity contribution in [2.45, 2.75) is 19.1 Å². The Hall–Kier alpha value is 0.0500. The van der Waals surface area contributed by atoms with Gasteiger partial charge >= 0.3 is 0 Å². The van der Waals surface area contributed by atoms with Crippen molar-refractivity contribution in [2.24, 2.45) is 0 Å². The quantitative estimate of drug-likeness (QED) is 0.627. The average Bonchev–Trinajstić information content (AvgIpc) is 2.41. The fourth-order valence-corrected chi connectivity index (χ4v) is 2.45. The molecule has 0 saturated heterocycles. The van der Waals surface area contributed by atoms with Crippen molar-refractivity contribution in [2.75, 3.05) is 5.75 Å². The molecule has 10 heavy (non-hydrogen) atoms. The Balaban J connectivity index is 2.15. The Labute approximate surface area is 70.7 Å². The maximum absolute atomic E-state index is 2.22. The van der Waals surface area contributed by atoms with E-state index >= 15 is 0 Å².